The minimum atomic E-state index is -2.54. The molecule has 6 heteroatoms. The zero-order chi connectivity index (χ0) is 15.6. The normalized spacial score (nSPS) is 12.7. The largest absolute Gasteiger partial charge is 0.500 e. The van der Waals surface area contributed by atoms with E-state index in [2.05, 4.69) is 0 Å². The quantitative estimate of drug-likeness (QED) is 0.491. The van der Waals surface area contributed by atoms with Crippen LogP contribution in [0.2, 0.25) is 6.04 Å². The van der Waals surface area contributed by atoms with Gasteiger partial charge in [-0.1, -0.05) is 30.3 Å². The molecular weight excluding hydrogens is 286 g/mol. The number of benzene rings is 1. The third-order valence-corrected chi connectivity index (χ3v) is 6.30. The van der Waals surface area contributed by atoms with Crippen LogP contribution < -0.4 is 0 Å². The van der Waals surface area contributed by atoms with E-state index in [0.29, 0.717) is 6.04 Å². The summed E-state index contributed by atoms with van der Waals surface area (Å²) in [7, 11) is 2.27. The van der Waals surface area contributed by atoms with Gasteiger partial charge in [0.1, 0.15) is 6.10 Å². The molecule has 0 aromatic heterocycles. The predicted octanol–water partition coefficient (Wildman–Crippen LogP) is 2.75. The lowest BCUT2D eigenvalue weighted by atomic mass is 10.0. The fourth-order valence-electron chi connectivity index (χ4n) is 2.26. The molecule has 0 radical (unpaired) electrons. The SMILES string of the molecule is CO[Si](CCCC(Cc1ccccc1)OC#N)(OC)OC. The molecule has 0 saturated carbocycles. The van der Waals surface area contributed by atoms with Crippen LogP contribution in [-0.2, 0) is 24.4 Å². The summed E-state index contributed by atoms with van der Waals surface area (Å²) >= 11 is 0. The van der Waals surface area contributed by atoms with Crippen LogP contribution >= 0.6 is 0 Å². The van der Waals surface area contributed by atoms with Crippen LogP contribution in [0.3, 0.4) is 0 Å². The molecule has 0 amide bonds. The van der Waals surface area contributed by atoms with Crippen molar-refractivity contribution in [1.29, 1.82) is 5.26 Å². The third-order valence-electron chi connectivity index (χ3n) is 3.47. The fraction of sp³-hybridized carbons (Fsp3) is 0.533. The van der Waals surface area contributed by atoms with Gasteiger partial charge in [0, 0.05) is 33.8 Å². The molecule has 1 unspecified atom stereocenters. The van der Waals surface area contributed by atoms with Crippen LogP contribution in [0.1, 0.15) is 18.4 Å². The Kier molecular flexibility index (Phi) is 8.01. The highest BCUT2D eigenvalue weighted by atomic mass is 28.4. The summed E-state index contributed by atoms with van der Waals surface area (Å²) in [5.41, 5.74) is 1.16. The lowest BCUT2D eigenvalue weighted by molar-refractivity contribution is 0.117. The van der Waals surface area contributed by atoms with Crippen molar-refractivity contribution in [3.8, 4) is 6.26 Å². The van der Waals surface area contributed by atoms with Crippen LogP contribution in [0.15, 0.2) is 30.3 Å². The standard InChI is InChI=1S/C15H23NO4Si/c1-17-21(18-2,19-3)11-7-10-15(20-13-16)12-14-8-5-4-6-9-14/h4-6,8-9,15H,7,10-12H2,1-3H3. The Bertz CT molecular complexity index is 423. The van der Waals surface area contributed by atoms with E-state index < -0.39 is 8.80 Å². The summed E-state index contributed by atoms with van der Waals surface area (Å²) < 4.78 is 21.3. The molecule has 0 aliphatic carbocycles. The van der Waals surface area contributed by atoms with Crippen molar-refractivity contribution in [1.82, 2.24) is 0 Å². The van der Waals surface area contributed by atoms with Crippen LogP contribution in [0, 0.1) is 11.5 Å². The molecular formula is C15H23NO4Si. The summed E-state index contributed by atoms with van der Waals surface area (Å²) in [6.45, 7) is 0. The van der Waals surface area contributed by atoms with Crippen molar-refractivity contribution in [2.45, 2.75) is 31.4 Å². The second kappa shape index (κ2) is 9.53. The molecule has 0 spiro atoms. The molecule has 1 rings (SSSR count). The number of nitriles is 1. The highest BCUT2D eigenvalue weighted by Crippen LogP contribution is 2.19. The predicted molar refractivity (Wildman–Crippen MR) is 81.5 cm³/mol. The zero-order valence-electron chi connectivity index (χ0n) is 12.9. The Labute approximate surface area is 127 Å². The lowest BCUT2D eigenvalue weighted by Crippen LogP contribution is -2.42. The van der Waals surface area contributed by atoms with Crippen LogP contribution in [0.5, 0.6) is 0 Å². The maximum atomic E-state index is 8.77. The van der Waals surface area contributed by atoms with Crippen molar-refractivity contribution < 1.29 is 18.0 Å². The monoisotopic (exact) mass is 309 g/mol. The van der Waals surface area contributed by atoms with E-state index in [-0.39, 0.29) is 6.10 Å². The second-order valence-electron chi connectivity index (χ2n) is 4.71. The molecule has 1 aromatic rings. The van der Waals surface area contributed by atoms with Crippen molar-refractivity contribution in [2.24, 2.45) is 0 Å². The second-order valence-corrected chi connectivity index (χ2v) is 7.80. The van der Waals surface area contributed by atoms with Gasteiger partial charge in [-0.2, -0.15) is 5.26 Å². The van der Waals surface area contributed by atoms with Gasteiger partial charge in [-0.25, -0.2) is 0 Å². The molecule has 5 nitrogen and oxygen atoms in total. The van der Waals surface area contributed by atoms with Crippen molar-refractivity contribution in [2.75, 3.05) is 21.3 Å². The first-order chi connectivity index (χ1) is 10.2. The van der Waals surface area contributed by atoms with Crippen molar-refractivity contribution >= 4 is 8.80 Å². The first-order valence-electron chi connectivity index (χ1n) is 6.93. The van der Waals surface area contributed by atoms with Gasteiger partial charge >= 0.3 is 8.80 Å². The number of rotatable bonds is 10. The fourth-order valence-corrected chi connectivity index (χ4v) is 4.01. The maximum absolute atomic E-state index is 8.77. The molecule has 21 heavy (non-hydrogen) atoms. The molecule has 1 aromatic carbocycles. The highest BCUT2D eigenvalue weighted by Gasteiger charge is 2.37. The lowest BCUT2D eigenvalue weighted by Gasteiger charge is -2.24. The van der Waals surface area contributed by atoms with Gasteiger partial charge in [0.15, 0.2) is 0 Å². The molecule has 116 valence electrons. The van der Waals surface area contributed by atoms with E-state index in [4.69, 9.17) is 23.3 Å². The summed E-state index contributed by atoms with van der Waals surface area (Å²) in [6, 6.07) is 10.7. The van der Waals surface area contributed by atoms with Gasteiger partial charge in [-0.15, -0.1) is 0 Å². The van der Waals surface area contributed by atoms with E-state index in [9.17, 15) is 0 Å². The van der Waals surface area contributed by atoms with Gasteiger partial charge in [0.05, 0.1) is 0 Å². The number of hydrogen-bond acceptors (Lipinski definition) is 5. The first-order valence-corrected chi connectivity index (χ1v) is 8.87. The van der Waals surface area contributed by atoms with Crippen LogP contribution in [0.4, 0.5) is 0 Å². The Morgan fingerprint density at radius 1 is 1.10 bits per heavy atom. The van der Waals surface area contributed by atoms with E-state index in [1.807, 2.05) is 30.3 Å². The van der Waals surface area contributed by atoms with Gasteiger partial charge in [-0.3, -0.25) is 0 Å². The molecule has 0 bridgehead atoms. The Morgan fingerprint density at radius 2 is 1.71 bits per heavy atom. The topological polar surface area (TPSA) is 60.7 Å². The van der Waals surface area contributed by atoms with E-state index >= 15 is 0 Å². The van der Waals surface area contributed by atoms with Crippen molar-refractivity contribution in [3.05, 3.63) is 35.9 Å². The van der Waals surface area contributed by atoms with E-state index in [1.165, 1.54) is 0 Å². The number of hydrogen-bond donors (Lipinski definition) is 0. The Balaban J connectivity index is 2.50. The maximum Gasteiger partial charge on any atom is 0.500 e. The molecule has 0 fully saturated rings. The average molecular weight is 309 g/mol. The first kappa shape index (κ1) is 17.7. The van der Waals surface area contributed by atoms with Crippen LogP contribution in [-0.4, -0.2) is 36.2 Å². The van der Waals surface area contributed by atoms with Gasteiger partial charge in [0.25, 0.3) is 6.26 Å². The molecule has 0 aliphatic rings. The van der Waals surface area contributed by atoms with E-state index in [1.54, 1.807) is 27.6 Å². The molecule has 0 heterocycles. The Hall–Kier alpha value is -1.39. The smallest absolute Gasteiger partial charge is 0.424 e. The molecule has 1 atom stereocenters. The summed E-state index contributed by atoms with van der Waals surface area (Å²) in [4.78, 5) is 0. The molecule has 0 aliphatic heterocycles. The summed E-state index contributed by atoms with van der Waals surface area (Å²) in [5.74, 6) is 0. The summed E-state index contributed by atoms with van der Waals surface area (Å²) in [6.07, 6.45) is 3.96. The van der Waals surface area contributed by atoms with Gasteiger partial charge in [0.2, 0.25) is 0 Å². The number of nitrogens with zero attached hydrogens (tertiary/aromatic N) is 1. The zero-order valence-corrected chi connectivity index (χ0v) is 13.9. The van der Waals surface area contributed by atoms with Crippen LogP contribution in [0.25, 0.3) is 0 Å². The van der Waals surface area contributed by atoms with Gasteiger partial charge in [-0.05, 0) is 18.4 Å². The number of ether oxygens (including phenoxy) is 1. The Morgan fingerprint density at radius 3 is 2.24 bits per heavy atom. The minimum absolute atomic E-state index is 0.130. The van der Waals surface area contributed by atoms with Gasteiger partial charge < -0.3 is 18.0 Å². The molecule has 0 saturated heterocycles. The minimum Gasteiger partial charge on any atom is -0.424 e. The van der Waals surface area contributed by atoms with Crippen molar-refractivity contribution in [3.63, 3.8) is 0 Å². The highest BCUT2D eigenvalue weighted by molar-refractivity contribution is 6.60. The summed E-state index contributed by atoms with van der Waals surface area (Å²) in [5, 5.41) is 8.77. The average Bonchev–Trinajstić information content (AvgIpc) is 2.53. The third kappa shape index (κ3) is 5.85. The van der Waals surface area contributed by atoms with E-state index in [0.717, 1.165) is 24.8 Å². The molecule has 0 N–H and O–H groups in total.